The molecular formula is C27H52O. The third-order valence-electron chi connectivity index (χ3n) is 7.76. The average molecular weight is 393 g/mol. The molecule has 0 aliphatic heterocycles. The second-order valence-electron chi connectivity index (χ2n) is 10.3. The molecule has 0 unspecified atom stereocenters. The fraction of sp³-hybridized carbons (Fsp3) is 1.00. The van der Waals surface area contributed by atoms with E-state index in [0.29, 0.717) is 6.10 Å². The molecule has 0 spiro atoms. The lowest BCUT2D eigenvalue weighted by Gasteiger charge is -2.32. The highest BCUT2D eigenvalue weighted by molar-refractivity contribution is 4.76. The van der Waals surface area contributed by atoms with Crippen molar-refractivity contribution in [1.29, 1.82) is 0 Å². The predicted octanol–water partition coefficient (Wildman–Crippen LogP) is 9.09. The standard InChI is InChI=1S/C27H52O/c1-3-5-7-8-9-10-12-14-25-19-21-27(22-20-25)28-23-26-17-15-24(16-18-26)13-11-6-4-2/h24-27H,3-23H2,1-2H3/t24-,25-,26-,27-. The molecule has 1 heteroatoms. The van der Waals surface area contributed by atoms with Gasteiger partial charge in [-0.3, -0.25) is 0 Å². The highest BCUT2D eigenvalue weighted by atomic mass is 16.5. The monoisotopic (exact) mass is 392 g/mol. The number of unbranched alkanes of at least 4 members (excludes halogenated alkanes) is 8. The van der Waals surface area contributed by atoms with E-state index < -0.39 is 0 Å². The van der Waals surface area contributed by atoms with Crippen LogP contribution in [0.3, 0.4) is 0 Å². The van der Waals surface area contributed by atoms with E-state index in [0.717, 1.165) is 24.4 Å². The second kappa shape index (κ2) is 15.8. The Bertz CT molecular complexity index is 336. The minimum Gasteiger partial charge on any atom is -0.378 e. The van der Waals surface area contributed by atoms with Gasteiger partial charge in [-0.2, -0.15) is 0 Å². The lowest BCUT2D eigenvalue weighted by atomic mass is 9.80. The SMILES string of the molecule is CCCCCCCCC[C@H]1CC[C@H](OC[C@H]2CC[C@H](CCCCC)CC2)CC1. The molecule has 2 aliphatic carbocycles. The summed E-state index contributed by atoms with van der Waals surface area (Å²) in [4.78, 5) is 0. The van der Waals surface area contributed by atoms with Crippen LogP contribution < -0.4 is 0 Å². The van der Waals surface area contributed by atoms with Crippen LogP contribution in [0.4, 0.5) is 0 Å². The molecule has 0 aromatic heterocycles. The number of rotatable bonds is 15. The number of ether oxygens (including phenoxy) is 1. The topological polar surface area (TPSA) is 9.23 Å². The smallest absolute Gasteiger partial charge is 0.0575 e. The molecule has 28 heavy (non-hydrogen) atoms. The van der Waals surface area contributed by atoms with E-state index in [4.69, 9.17) is 4.74 Å². The fourth-order valence-corrected chi connectivity index (χ4v) is 5.62. The van der Waals surface area contributed by atoms with Crippen molar-refractivity contribution < 1.29 is 4.74 Å². The summed E-state index contributed by atoms with van der Waals surface area (Å²) in [6, 6.07) is 0. The van der Waals surface area contributed by atoms with E-state index in [1.54, 1.807) is 0 Å². The molecule has 166 valence electrons. The van der Waals surface area contributed by atoms with Crippen LogP contribution in [0, 0.1) is 17.8 Å². The summed E-state index contributed by atoms with van der Waals surface area (Å²) in [6.07, 6.45) is 29.4. The quantitative estimate of drug-likeness (QED) is 0.252. The van der Waals surface area contributed by atoms with Crippen LogP contribution in [0.1, 0.15) is 142 Å². The Morgan fingerprint density at radius 3 is 1.54 bits per heavy atom. The summed E-state index contributed by atoms with van der Waals surface area (Å²) >= 11 is 0. The van der Waals surface area contributed by atoms with Crippen LogP contribution in [-0.4, -0.2) is 12.7 Å². The maximum atomic E-state index is 6.39. The normalized spacial score (nSPS) is 28.5. The largest absolute Gasteiger partial charge is 0.378 e. The number of hydrogen-bond acceptors (Lipinski definition) is 1. The van der Waals surface area contributed by atoms with Gasteiger partial charge >= 0.3 is 0 Å². The van der Waals surface area contributed by atoms with Crippen molar-refractivity contribution >= 4 is 0 Å². The summed E-state index contributed by atoms with van der Waals surface area (Å²) in [5.74, 6) is 2.91. The first-order chi connectivity index (χ1) is 13.8. The molecule has 2 fully saturated rings. The van der Waals surface area contributed by atoms with Crippen LogP contribution in [0.25, 0.3) is 0 Å². The molecule has 0 aromatic carbocycles. The highest BCUT2D eigenvalue weighted by Crippen LogP contribution is 2.34. The van der Waals surface area contributed by atoms with Gasteiger partial charge in [0.2, 0.25) is 0 Å². The van der Waals surface area contributed by atoms with Gasteiger partial charge in [-0.15, -0.1) is 0 Å². The number of hydrogen-bond donors (Lipinski definition) is 0. The Kier molecular flexibility index (Phi) is 13.6. The van der Waals surface area contributed by atoms with Crippen molar-refractivity contribution in [3.8, 4) is 0 Å². The molecule has 0 atom stereocenters. The maximum Gasteiger partial charge on any atom is 0.0575 e. The molecule has 0 bridgehead atoms. The Hall–Kier alpha value is -0.0400. The molecule has 2 rings (SSSR count). The van der Waals surface area contributed by atoms with Crippen molar-refractivity contribution in [3.05, 3.63) is 0 Å². The van der Waals surface area contributed by atoms with Crippen LogP contribution in [0.5, 0.6) is 0 Å². The van der Waals surface area contributed by atoms with E-state index >= 15 is 0 Å². The van der Waals surface area contributed by atoms with Crippen LogP contribution in [0.2, 0.25) is 0 Å². The van der Waals surface area contributed by atoms with Gasteiger partial charge in [0.1, 0.15) is 0 Å². The van der Waals surface area contributed by atoms with Gasteiger partial charge in [0.25, 0.3) is 0 Å². The van der Waals surface area contributed by atoms with E-state index in [1.807, 2.05) is 0 Å². The van der Waals surface area contributed by atoms with Gasteiger partial charge in [0.15, 0.2) is 0 Å². The van der Waals surface area contributed by atoms with E-state index in [9.17, 15) is 0 Å². The van der Waals surface area contributed by atoms with Gasteiger partial charge in [0, 0.05) is 6.61 Å². The highest BCUT2D eigenvalue weighted by Gasteiger charge is 2.24. The zero-order valence-corrected chi connectivity index (χ0v) is 19.6. The maximum absolute atomic E-state index is 6.39. The van der Waals surface area contributed by atoms with Gasteiger partial charge in [-0.25, -0.2) is 0 Å². The molecule has 0 heterocycles. The summed E-state index contributed by atoms with van der Waals surface area (Å²) in [6.45, 7) is 5.69. The zero-order valence-electron chi connectivity index (χ0n) is 19.6. The summed E-state index contributed by atoms with van der Waals surface area (Å²) in [5, 5.41) is 0. The molecule has 0 aromatic rings. The first kappa shape index (κ1) is 24.2. The van der Waals surface area contributed by atoms with Gasteiger partial charge in [-0.1, -0.05) is 104 Å². The Balaban J connectivity index is 1.43. The van der Waals surface area contributed by atoms with E-state index in [-0.39, 0.29) is 0 Å². The lowest BCUT2D eigenvalue weighted by Crippen LogP contribution is -2.26. The Morgan fingerprint density at radius 2 is 0.929 bits per heavy atom. The lowest BCUT2D eigenvalue weighted by molar-refractivity contribution is -0.0104. The van der Waals surface area contributed by atoms with Crippen LogP contribution in [-0.2, 0) is 4.74 Å². The Labute approximate surface area is 177 Å². The third kappa shape index (κ3) is 10.7. The van der Waals surface area contributed by atoms with Crippen molar-refractivity contribution in [2.24, 2.45) is 17.8 Å². The van der Waals surface area contributed by atoms with Gasteiger partial charge < -0.3 is 4.74 Å². The molecule has 0 saturated heterocycles. The van der Waals surface area contributed by atoms with Gasteiger partial charge in [0.05, 0.1) is 6.10 Å². The predicted molar refractivity (Wildman–Crippen MR) is 124 cm³/mol. The first-order valence-electron chi connectivity index (χ1n) is 13.4. The average Bonchev–Trinajstić information content (AvgIpc) is 2.73. The Morgan fingerprint density at radius 1 is 0.500 bits per heavy atom. The summed E-state index contributed by atoms with van der Waals surface area (Å²) in [5.41, 5.74) is 0. The second-order valence-corrected chi connectivity index (χ2v) is 10.3. The van der Waals surface area contributed by atoms with Crippen molar-refractivity contribution in [1.82, 2.24) is 0 Å². The van der Waals surface area contributed by atoms with Crippen LogP contribution >= 0.6 is 0 Å². The third-order valence-corrected chi connectivity index (χ3v) is 7.76. The molecule has 0 N–H and O–H groups in total. The van der Waals surface area contributed by atoms with Crippen molar-refractivity contribution in [2.75, 3.05) is 6.61 Å². The molecule has 2 aliphatic rings. The van der Waals surface area contributed by atoms with Gasteiger partial charge in [-0.05, 0) is 56.3 Å². The summed E-state index contributed by atoms with van der Waals surface area (Å²) in [7, 11) is 0. The van der Waals surface area contributed by atoms with E-state index in [1.165, 1.54) is 128 Å². The fourth-order valence-electron chi connectivity index (χ4n) is 5.62. The molecule has 1 nitrogen and oxygen atoms in total. The van der Waals surface area contributed by atoms with Crippen LogP contribution in [0.15, 0.2) is 0 Å². The molecule has 2 saturated carbocycles. The van der Waals surface area contributed by atoms with E-state index in [2.05, 4.69) is 13.8 Å². The minimum absolute atomic E-state index is 0.590. The first-order valence-corrected chi connectivity index (χ1v) is 13.4. The van der Waals surface area contributed by atoms with Crippen molar-refractivity contribution in [3.63, 3.8) is 0 Å². The molecule has 0 radical (unpaired) electrons. The van der Waals surface area contributed by atoms with Crippen molar-refractivity contribution in [2.45, 2.75) is 148 Å². The summed E-state index contributed by atoms with van der Waals surface area (Å²) < 4.78 is 6.39. The zero-order chi connectivity index (χ0) is 19.9. The molecular weight excluding hydrogens is 340 g/mol. The molecule has 0 amide bonds. The minimum atomic E-state index is 0.590.